The summed E-state index contributed by atoms with van der Waals surface area (Å²) in [5, 5.41) is 20.8. The molecule has 9 nitrogen and oxygen atoms in total. The van der Waals surface area contributed by atoms with Crippen LogP contribution in [0.4, 0.5) is 13.2 Å². The average Bonchev–Trinajstić information content (AvgIpc) is 2.84. The van der Waals surface area contributed by atoms with E-state index < -0.39 is 62.8 Å². The third kappa shape index (κ3) is 5.54. The number of carbonyl (C=O) groups is 2. The molecule has 0 saturated heterocycles. The fraction of sp³-hybridized carbons (Fsp3) is 0.333. The molecule has 0 spiro atoms. The smallest absolute Gasteiger partial charge is 0.390 e. The molecule has 4 atom stereocenters. The Bertz CT molecular complexity index is 1360. The van der Waals surface area contributed by atoms with Gasteiger partial charge in [-0.3, -0.25) is 9.59 Å². The highest BCUT2D eigenvalue weighted by molar-refractivity contribution is 7.89. The second-order valence-electron chi connectivity index (χ2n) is 8.95. The fourth-order valence-corrected chi connectivity index (χ4v) is 5.73. The molecule has 198 valence electrons. The van der Waals surface area contributed by atoms with Crippen LogP contribution in [-0.2, 0) is 38.8 Å². The van der Waals surface area contributed by atoms with E-state index in [9.17, 15) is 41.4 Å². The lowest BCUT2D eigenvalue weighted by atomic mass is 9.88. The SMILES string of the molecule is NC(=O)[C@@H]1Cc2ccccc2CN1C(=O)C1=C[C@@H](NS(=O)(=O)c2cccc(C(F)(F)F)c2)[C@@H](O)[C@H](O)C1. The van der Waals surface area contributed by atoms with E-state index in [1.54, 1.807) is 18.2 Å². The number of alkyl halides is 3. The summed E-state index contributed by atoms with van der Waals surface area (Å²) < 4.78 is 66.9. The highest BCUT2D eigenvalue weighted by Crippen LogP contribution is 2.31. The second-order valence-corrected chi connectivity index (χ2v) is 10.7. The van der Waals surface area contributed by atoms with Crippen LogP contribution in [0.5, 0.6) is 0 Å². The van der Waals surface area contributed by atoms with Crippen molar-refractivity contribution in [3.8, 4) is 0 Å². The Balaban J connectivity index is 1.63. The van der Waals surface area contributed by atoms with Crippen molar-refractivity contribution in [2.24, 2.45) is 5.73 Å². The molecule has 1 aliphatic carbocycles. The molecule has 1 heterocycles. The first-order chi connectivity index (χ1) is 17.3. The molecule has 37 heavy (non-hydrogen) atoms. The average molecular weight is 540 g/mol. The van der Waals surface area contributed by atoms with Gasteiger partial charge in [0, 0.05) is 25.0 Å². The molecule has 0 saturated carbocycles. The number of carbonyl (C=O) groups excluding carboxylic acids is 2. The lowest BCUT2D eigenvalue weighted by molar-refractivity contribution is -0.138. The molecule has 0 radical (unpaired) electrons. The minimum absolute atomic E-state index is 0.0409. The third-order valence-electron chi connectivity index (χ3n) is 6.45. The summed E-state index contributed by atoms with van der Waals surface area (Å²) in [5.41, 5.74) is 5.89. The molecule has 4 rings (SSSR count). The first-order valence-corrected chi connectivity index (χ1v) is 12.7. The molecule has 0 fully saturated rings. The highest BCUT2D eigenvalue weighted by atomic mass is 32.2. The molecule has 0 unspecified atom stereocenters. The van der Waals surface area contributed by atoms with Gasteiger partial charge in [0.15, 0.2) is 0 Å². The van der Waals surface area contributed by atoms with Crippen LogP contribution in [0.15, 0.2) is 65.1 Å². The number of benzene rings is 2. The third-order valence-corrected chi connectivity index (χ3v) is 7.90. The molecule has 2 aromatic rings. The zero-order valence-electron chi connectivity index (χ0n) is 19.2. The molecule has 2 aromatic carbocycles. The number of hydrogen-bond donors (Lipinski definition) is 4. The minimum atomic E-state index is -4.78. The number of aliphatic hydroxyl groups excluding tert-OH is 2. The Kier molecular flexibility index (Phi) is 7.16. The van der Waals surface area contributed by atoms with E-state index in [0.717, 1.165) is 29.3 Å². The van der Waals surface area contributed by atoms with Crippen LogP contribution in [0.3, 0.4) is 0 Å². The summed E-state index contributed by atoms with van der Waals surface area (Å²) in [6.45, 7) is 0.0409. The van der Waals surface area contributed by atoms with Gasteiger partial charge in [-0.1, -0.05) is 36.4 Å². The predicted molar refractivity (Wildman–Crippen MR) is 124 cm³/mol. The van der Waals surface area contributed by atoms with Gasteiger partial charge in [0.2, 0.25) is 15.9 Å². The van der Waals surface area contributed by atoms with E-state index in [-0.39, 0.29) is 25.0 Å². The summed E-state index contributed by atoms with van der Waals surface area (Å²) >= 11 is 0. The van der Waals surface area contributed by atoms with E-state index in [1.807, 2.05) is 6.07 Å². The zero-order chi connectivity index (χ0) is 27.1. The monoisotopic (exact) mass is 539 g/mol. The van der Waals surface area contributed by atoms with Gasteiger partial charge in [-0.15, -0.1) is 0 Å². The number of hydrogen-bond acceptors (Lipinski definition) is 6. The zero-order valence-corrected chi connectivity index (χ0v) is 20.0. The second kappa shape index (κ2) is 9.89. The molecule has 0 bridgehead atoms. The van der Waals surface area contributed by atoms with Gasteiger partial charge < -0.3 is 20.8 Å². The van der Waals surface area contributed by atoms with Gasteiger partial charge in [-0.25, -0.2) is 13.1 Å². The Labute approximate surface area is 210 Å². The van der Waals surface area contributed by atoms with Gasteiger partial charge >= 0.3 is 6.18 Å². The van der Waals surface area contributed by atoms with Crippen LogP contribution in [0.25, 0.3) is 0 Å². The summed E-state index contributed by atoms with van der Waals surface area (Å²) in [5.74, 6) is -1.44. The van der Waals surface area contributed by atoms with Crippen molar-refractivity contribution in [3.63, 3.8) is 0 Å². The number of primary amides is 1. The van der Waals surface area contributed by atoms with Crippen molar-refractivity contribution in [1.29, 1.82) is 0 Å². The van der Waals surface area contributed by atoms with E-state index >= 15 is 0 Å². The maximum atomic E-state index is 13.4. The fourth-order valence-electron chi connectivity index (χ4n) is 4.49. The van der Waals surface area contributed by atoms with Crippen molar-refractivity contribution >= 4 is 21.8 Å². The number of aliphatic hydroxyl groups is 2. The number of nitrogens with two attached hydrogens (primary N) is 1. The van der Waals surface area contributed by atoms with Crippen LogP contribution >= 0.6 is 0 Å². The molecule has 2 aliphatic rings. The van der Waals surface area contributed by atoms with Crippen molar-refractivity contribution < 1.29 is 41.4 Å². The van der Waals surface area contributed by atoms with E-state index in [1.165, 1.54) is 4.90 Å². The Hall–Kier alpha value is -3.26. The quantitative estimate of drug-likeness (QED) is 0.442. The van der Waals surface area contributed by atoms with Crippen molar-refractivity contribution in [2.45, 2.75) is 54.7 Å². The molecular formula is C24H24F3N3O6S. The maximum Gasteiger partial charge on any atom is 0.416 e. The number of sulfonamides is 1. The predicted octanol–water partition coefficient (Wildman–Crippen LogP) is 0.843. The van der Waals surface area contributed by atoms with E-state index in [0.29, 0.717) is 12.1 Å². The first-order valence-electron chi connectivity index (χ1n) is 11.2. The van der Waals surface area contributed by atoms with Gasteiger partial charge in [-0.2, -0.15) is 13.2 Å². The van der Waals surface area contributed by atoms with Crippen LogP contribution in [-0.4, -0.2) is 59.6 Å². The summed E-state index contributed by atoms with van der Waals surface area (Å²) in [7, 11) is -4.60. The minimum Gasteiger partial charge on any atom is -0.390 e. The van der Waals surface area contributed by atoms with Crippen molar-refractivity contribution in [3.05, 3.63) is 76.9 Å². The normalized spacial score (nSPS) is 24.2. The number of rotatable bonds is 5. The number of nitrogens with one attached hydrogen (secondary N) is 1. The number of halogens is 3. The Morgan fingerprint density at radius 2 is 1.70 bits per heavy atom. The summed E-state index contributed by atoms with van der Waals surface area (Å²) in [4.78, 5) is 26.1. The molecule has 5 N–H and O–H groups in total. The maximum absolute atomic E-state index is 13.4. The van der Waals surface area contributed by atoms with Crippen LogP contribution < -0.4 is 10.5 Å². The molecule has 0 aromatic heterocycles. The highest BCUT2D eigenvalue weighted by Gasteiger charge is 2.40. The molecule has 13 heteroatoms. The van der Waals surface area contributed by atoms with Gasteiger partial charge in [0.25, 0.3) is 5.91 Å². The van der Waals surface area contributed by atoms with Gasteiger partial charge in [0.1, 0.15) is 12.1 Å². The van der Waals surface area contributed by atoms with Crippen LogP contribution in [0.2, 0.25) is 0 Å². The van der Waals surface area contributed by atoms with Crippen LogP contribution in [0, 0.1) is 0 Å². The van der Waals surface area contributed by atoms with Gasteiger partial charge in [-0.05, 0) is 29.3 Å². The summed E-state index contributed by atoms with van der Waals surface area (Å²) in [6.07, 6.45) is -7.11. The standard InChI is InChI=1S/C24H24F3N3O6S/c25-24(26,27)16-6-3-7-17(11-16)37(35,36)29-18-8-15(10-20(31)21(18)32)23(34)30-12-14-5-2-1-4-13(14)9-19(30)22(28)33/h1-8,11,18-21,29,31-32H,9-10,12H2,(H2,28,33)/t18-,19+,20-,21-/m1/s1. The lowest BCUT2D eigenvalue weighted by Gasteiger charge is -2.38. The first kappa shape index (κ1) is 26.8. The van der Waals surface area contributed by atoms with Crippen molar-refractivity contribution in [2.75, 3.05) is 0 Å². The van der Waals surface area contributed by atoms with E-state index in [4.69, 9.17) is 5.73 Å². The number of nitrogens with zero attached hydrogens (tertiary/aromatic N) is 1. The Morgan fingerprint density at radius 1 is 1.03 bits per heavy atom. The van der Waals surface area contributed by atoms with Crippen LogP contribution in [0.1, 0.15) is 23.1 Å². The van der Waals surface area contributed by atoms with Gasteiger partial charge in [0.05, 0.1) is 22.6 Å². The largest absolute Gasteiger partial charge is 0.416 e. The number of fused-ring (bicyclic) bond motifs is 1. The van der Waals surface area contributed by atoms with E-state index in [2.05, 4.69) is 4.72 Å². The number of amides is 2. The molecule has 2 amide bonds. The summed E-state index contributed by atoms with van der Waals surface area (Å²) in [6, 6.07) is 7.64. The topological polar surface area (TPSA) is 150 Å². The molecular weight excluding hydrogens is 515 g/mol. The lowest BCUT2D eigenvalue weighted by Crippen LogP contribution is -2.54. The van der Waals surface area contributed by atoms with Crippen molar-refractivity contribution in [1.82, 2.24) is 9.62 Å². The Morgan fingerprint density at radius 3 is 2.35 bits per heavy atom. The molecule has 1 aliphatic heterocycles.